The predicted octanol–water partition coefficient (Wildman–Crippen LogP) is 1.66. The second-order valence-corrected chi connectivity index (χ2v) is 3.79. The molecule has 0 saturated carbocycles. The van der Waals surface area contributed by atoms with E-state index < -0.39 is 11.8 Å². The predicted molar refractivity (Wildman–Crippen MR) is 70.0 cm³/mol. The van der Waals surface area contributed by atoms with Gasteiger partial charge in [-0.05, 0) is 25.1 Å². The van der Waals surface area contributed by atoms with E-state index in [-0.39, 0.29) is 0 Å². The zero-order chi connectivity index (χ0) is 13.8. The van der Waals surface area contributed by atoms with Gasteiger partial charge in [-0.25, -0.2) is 9.59 Å². The van der Waals surface area contributed by atoms with Gasteiger partial charge in [0.15, 0.2) is 5.82 Å². The van der Waals surface area contributed by atoms with Crippen molar-refractivity contribution in [3.05, 3.63) is 52.7 Å². The van der Waals surface area contributed by atoms with E-state index >= 15 is 0 Å². The van der Waals surface area contributed by atoms with Crippen molar-refractivity contribution in [2.75, 3.05) is 0 Å². The SMILES string of the molecule is C/C=C\c1nn(C(=O)Oc2ccccc2)c(=O)n1C. The molecule has 2 aromatic rings. The van der Waals surface area contributed by atoms with Gasteiger partial charge < -0.3 is 4.74 Å². The fourth-order valence-electron chi connectivity index (χ4n) is 1.50. The van der Waals surface area contributed by atoms with Crippen LogP contribution >= 0.6 is 0 Å². The van der Waals surface area contributed by atoms with E-state index in [0.29, 0.717) is 16.3 Å². The molecule has 0 saturated heterocycles. The Kier molecular flexibility index (Phi) is 3.61. The Labute approximate surface area is 109 Å². The standard InChI is InChI=1S/C13H13N3O3/c1-3-7-11-14-16(12(17)15(11)2)13(18)19-10-8-5-4-6-9-10/h3-9H,1-2H3/b7-3-. The minimum atomic E-state index is -0.831. The molecule has 6 nitrogen and oxygen atoms in total. The molecule has 0 bridgehead atoms. The average molecular weight is 259 g/mol. The fraction of sp³-hybridized carbons (Fsp3) is 0.154. The van der Waals surface area contributed by atoms with Crippen LogP contribution in [-0.4, -0.2) is 20.4 Å². The van der Waals surface area contributed by atoms with E-state index in [2.05, 4.69) is 5.10 Å². The van der Waals surface area contributed by atoms with Crippen molar-refractivity contribution >= 4 is 12.2 Å². The molecule has 0 amide bonds. The number of ether oxygens (including phenoxy) is 1. The summed E-state index contributed by atoms with van der Waals surface area (Å²) >= 11 is 0. The van der Waals surface area contributed by atoms with Crippen molar-refractivity contribution < 1.29 is 9.53 Å². The summed E-state index contributed by atoms with van der Waals surface area (Å²) in [6.07, 6.45) is 2.53. The minimum absolute atomic E-state index is 0.359. The van der Waals surface area contributed by atoms with Gasteiger partial charge in [0.25, 0.3) is 0 Å². The smallest absolute Gasteiger partial charge is 0.409 e. The number of hydrogen-bond acceptors (Lipinski definition) is 4. The third-order valence-electron chi connectivity index (χ3n) is 2.45. The molecule has 0 aliphatic carbocycles. The molecule has 0 radical (unpaired) electrons. The number of carbonyl (C=O) groups excluding carboxylic acids is 1. The summed E-state index contributed by atoms with van der Waals surface area (Å²) in [5.41, 5.74) is -0.547. The molecule has 19 heavy (non-hydrogen) atoms. The highest BCUT2D eigenvalue weighted by atomic mass is 16.6. The van der Waals surface area contributed by atoms with Gasteiger partial charge in [-0.1, -0.05) is 24.3 Å². The van der Waals surface area contributed by atoms with Gasteiger partial charge in [0, 0.05) is 7.05 Å². The molecule has 1 heterocycles. The Hall–Kier alpha value is -2.63. The van der Waals surface area contributed by atoms with Gasteiger partial charge >= 0.3 is 11.8 Å². The van der Waals surface area contributed by atoms with Crippen LogP contribution in [0.15, 0.2) is 41.2 Å². The number of aromatic nitrogens is 3. The first-order valence-electron chi connectivity index (χ1n) is 5.69. The van der Waals surface area contributed by atoms with E-state index in [1.807, 2.05) is 0 Å². The van der Waals surface area contributed by atoms with Crippen LogP contribution in [0, 0.1) is 0 Å². The van der Waals surface area contributed by atoms with Crippen LogP contribution in [-0.2, 0) is 7.05 Å². The molecule has 0 aliphatic rings. The summed E-state index contributed by atoms with van der Waals surface area (Å²) in [7, 11) is 1.54. The summed E-state index contributed by atoms with van der Waals surface area (Å²) in [6.45, 7) is 1.80. The van der Waals surface area contributed by atoms with Crippen molar-refractivity contribution in [3.63, 3.8) is 0 Å². The monoisotopic (exact) mass is 259 g/mol. The van der Waals surface area contributed by atoms with Crippen molar-refractivity contribution in [2.45, 2.75) is 6.92 Å². The van der Waals surface area contributed by atoms with Gasteiger partial charge in [-0.3, -0.25) is 4.57 Å². The second-order valence-electron chi connectivity index (χ2n) is 3.79. The molecule has 98 valence electrons. The molecule has 0 aliphatic heterocycles. The lowest BCUT2D eigenvalue weighted by molar-refractivity contribution is 0.197. The number of nitrogens with zero attached hydrogens (tertiary/aromatic N) is 3. The summed E-state index contributed by atoms with van der Waals surface area (Å²) in [4.78, 5) is 23.7. The maximum Gasteiger partial charge on any atom is 0.444 e. The van der Waals surface area contributed by atoms with Gasteiger partial charge in [0.2, 0.25) is 0 Å². The maximum atomic E-state index is 11.8. The van der Waals surface area contributed by atoms with Gasteiger partial charge in [-0.15, -0.1) is 9.78 Å². The second kappa shape index (κ2) is 5.34. The van der Waals surface area contributed by atoms with Gasteiger partial charge in [-0.2, -0.15) is 0 Å². The van der Waals surface area contributed by atoms with Crippen LogP contribution in [0.4, 0.5) is 4.79 Å². The molecule has 0 spiro atoms. The number of para-hydroxylation sites is 1. The molecular weight excluding hydrogens is 246 g/mol. The molecule has 1 aromatic heterocycles. The number of rotatable bonds is 2. The number of allylic oxidation sites excluding steroid dienone is 1. The van der Waals surface area contributed by atoms with Crippen molar-refractivity contribution in [3.8, 4) is 5.75 Å². The Morgan fingerprint density at radius 2 is 2.00 bits per heavy atom. The number of benzene rings is 1. The van der Waals surface area contributed by atoms with Crippen molar-refractivity contribution in [1.29, 1.82) is 0 Å². The highest BCUT2D eigenvalue weighted by Crippen LogP contribution is 2.08. The highest BCUT2D eigenvalue weighted by Gasteiger charge is 2.16. The lowest BCUT2D eigenvalue weighted by Gasteiger charge is -2.01. The summed E-state index contributed by atoms with van der Waals surface area (Å²) < 4.78 is 7.02. The van der Waals surface area contributed by atoms with E-state index in [1.165, 1.54) is 11.6 Å². The van der Waals surface area contributed by atoms with E-state index in [4.69, 9.17) is 4.74 Å². The lowest BCUT2D eigenvalue weighted by atomic mass is 10.3. The summed E-state index contributed by atoms with van der Waals surface area (Å²) in [5.74, 6) is 0.746. The fourth-order valence-corrected chi connectivity index (χ4v) is 1.50. The first-order valence-corrected chi connectivity index (χ1v) is 5.69. The zero-order valence-electron chi connectivity index (χ0n) is 10.6. The van der Waals surface area contributed by atoms with E-state index in [1.54, 1.807) is 49.4 Å². The topological polar surface area (TPSA) is 66.1 Å². The lowest BCUT2D eigenvalue weighted by Crippen LogP contribution is -2.31. The van der Waals surface area contributed by atoms with Gasteiger partial charge in [0.05, 0.1) is 0 Å². The maximum absolute atomic E-state index is 11.8. The first kappa shape index (κ1) is 12.8. The van der Waals surface area contributed by atoms with Crippen molar-refractivity contribution in [2.24, 2.45) is 7.05 Å². The van der Waals surface area contributed by atoms with Gasteiger partial charge in [0.1, 0.15) is 5.75 Å². The largest absolute Gasteiger partial charge is 0.444 e. The number of carbonyl (C=O) groups is 1. The Bertz CT molecular complexity index is 668. The molecule has 2 rings (SSSR count). The van der Waals surface area contributed by atoms with Crippen LogP contribution in [0.3, 0.4) is 0 Å². The van der Waals surface area contributed by atoms with E-state index in [0.717, 1.165) is 0 Å². The number of hydrogen-bond donors (Lipinski definition) is 0. The zero-order valence-corrected chi connectivity index (χ0v) is 10.6. The molecule has 1 aromatic carbocycles. The molecule has 0 fully saturated rings. The van der Waals surface area contributed by atoms with Crippen LogP contribution in [0.5, 0.6) is 5.75 Å². The quantitative estimate of drug-likeness (QED) is 0.822. The average Bonchev–Trinajstić information content (AvgIpc) is 2.69. The van der Waals surface area contributed by atoms with Crippen LogP contribution in [0.25, 0.3) is 6.08 Å². The molecular formula is C13H13N3O3. The van der Waals surface area contributed by atoms with Crippen molar-refractivity contribution in [1.82, 2.24) is 14.3 Å². The summed E-state index contributed by atoms with van der Waals surface area (Å²) in [6, 6.07) is 8.51. The summed E-state index contributed by atoms with van der Waals surface area (Å²) in [5, 5.41) is 3.90. The Morgan fingerprint density at radius 1 is 1.32 bits per heavy atom. The molecule has 0 unspecified atom stereocenters. The highest BCUT2D eigenvalue weighted by molar-refractivity contribution is 5.72. The Balaban J connectivity index is 2.30. The molecule has 6 heteroatoms. The van der Waals surface area contributed by atoms with Crippen LogP contribution < -0.4 is 10.4 Å². The normalized spacial score (nSPS) is 10.8. The Morgan fingerprint density at radius 3 is 2.63 bits per heavy atom. The molecule has 0 N–H and O–H groups in total. The third kappa shape index (κ3) is 2.62. The molecule has 0 atom stereocenters. The third-order valence-corrected chi connectivity index (χ3v) is 2.45. The first-order chi connectivity index (χ1) is 9.13. The minimum Gasteiger partial charge on any atom is -0.409 e. The van der Waals surface area contributed by atoms with E-state index in [9.17, 15) is 9.59 Å². The van der Waals surface area contributed by atoms with Crippen LogP contribution in [0.2, 0.25) is 0 Å². The van der Waals surface area contributed by atoms with Crippen LogP contribution in [0.1, 0.15) is 12.7 Å².